The Morgan fingerprint density at radius 2 is 1.67 bits per heavy atom. The Balaban J connectivity index is 0.00000225. The van der Waals surface area contributed by atoms with E-state index in [9.17, 15) is 13.9 Å². The fourth-order valence-electron chi connectivity index (χ4n) is 3.00. The molecular weight excluding hydrogens is 427 g/mol. The van der Waals surface area contributed by atoms with E-state index in [1.807, 2.05) is 6.07 Å². The van der Waals surface area contributed by atoms with E-state index in [4.69, 9.17) is 5.41 Å². The number of phenolic OH excluding ortho intramolecular Hbond substituents is 1. The number of para-hydroxylation sites is 1. The second-order valence-corrected chi connectivity index (χ2v) is 5.86. The van der Waals surface area contributed by atoms with Crippen molar-refractivity contribution in [3.05, 3.63) is 82.4 Å². The van der Waals surface area contributed by atoms with Gasteiger partial charge in [0.05, 0.1) is 5.92 Å². The maximum atomic E-state index is 14.2. The molecule has 2 aromatic carbocycles. The molecule has 7 heteroatoms. The molecule has 0 saturated heterocycles. The summed E-state index contributed by atoms with van der Waals surface area (Å²) in [7, 11) is 0. The van der Waals surface area contributed by atoms with Gasteiger partial charge in [0.15, 0.2) is 0 Å². The van der Waals surface area contributed by atoms with Crippen LogP contribution in [-0.2, 0) is 21.7 Å². The molecule has 27 heavy (non-hydrogen) atoms. The van der Waals surface area contributed by atoms with Crippen LogP contribution in [0.25, 0.3) is 6.08 Å². The predicted octanol–water partition coefficient (Wildman–Crippen LogP) is -0.869. The SMILES string of the molecule is Cc1cccc(C=C2CC=CC(=N)C2c2c(F)cccc2F)c1O.[Cl-].[Cl-].[Ti+2]. The molecule has 0 aromatic heterocycles. The molecule has 1 unspecified atom stereocenters. The third kappa shape index (κ3) is 5.29. The standard InChI is InChI=1S/C20H17F2NO.2ClH.Ti/c1-12-5-2-7-14(20(12)24)11-13-6-3-10-17(23)18(13)19-15(21)8-4-9-16(19)22;;;/h2-5,7-11,18,23-24H,6H2,1H3;2*1H;/q;;;+2/p-2. The molecule has 0 saturated carbocycles. The van der Waals surface area contributed by atoms with Crippen molar-refractivity contribution in [3.8, 4) is 5.75 Å². The van der Waals surface area contributed by atoms with Crippen LogP contribution in [-0.4, -0.2) is 10.8 Å². The van der Waals surface area contributed by atoms with E-state index in [1.165, 1.54) is 18.2 Å². The van der Waals surface area contributed by atoms with Crippen molar-refractivity contribution >= 4 is 11.8 Å². The van der Waals surface area contributed by atoms with Crippen molar-refractivity contribution in [3.63, 3.8) is 0 Å². The predicted molar refractivity (Wildman–Crippen MR) is 91.4 cm³/mol. The number of aromatic hydroxyl groups is 1. The number of phenols is 1. The van der Waals surface area contributed by atoms with Crippen molar-refractivity contribution in [2.75, 3.05) is 0 Å². The van der Waals surface area contributed by atoms with E-state index >= 15 is 0 Å². The van der Waals surface area contributed by atoms with Gasteiger partial charge in [-0.3, -0.25) is 0 Å². The van der Waals surface area contributed by atoms with Gasteiger partial charge in [0.1, 0.15) is 17.4 Å². The Hall–Kier alpha value is -1.46. The average molecular weight is 444 g/mol. The average Bonchev–Trinajstić information content (AvgIpc) is 2.54. The number of benzene rings is 2. The minimum absolute atomic E-state index is 0. The van der Waals surface area contributed by atoms with Crippen molar-refractivity contribution in [1.29, 1.82) is 5.41 Å². The molecular formula is C20H17Cl2F2NOTi. The van der Waals surface area contributed by atoms with Crippen molar-refractivity contribution in [1.82, 2.24) is 0 Å². The van der Waals surface area contributed by atoms with Crippen LogP contribution in [0.1, 0.15) is 29.0 Å². The molecule has 0 spiro atoms. The van der Waals surface area contributed by atoms with Crippen LogP contribution in [0.3, 0.4) is 0 Å². The summed E-state index contributed by atoms with van der Waals surface area (Å²) in [5, 5.41) is 18.3. The maximum absolute atomic E-state index is 14.2. The van der Waals surface area contributed by atoms with Gasteiger partial charge in [-0.05, 0) is 37.1 Å². The maximum Gasteiger partial charge on any atom is 2.00 e. The normalized spacial score (nSPS) is 16.9. The van der Waals surface area contributed by atoms with Gasteiger partial charge in [-0.1, -0.05) is 42.0 Å². The second-order valence-electron chi connectivity index (χ2n) is 5.86. The third-order valence-corrected chi connectivity index (χ3v) is 4.23. The molecule has 0 radical (unpaired) electrons. The summed E-state index contributed by atoms with van der Waals surface area (Å²) in [6.45, 7) is 1.79. The summed E-state index contributed by atoms with van der Waals surface area (Å²) in [6.07, 6.45) is 5.55. The van der Waals surface area contributed by atoms with Crippen LogP contribution in [0.2, 0.25) is 0 Å². The van der Waals surface area contributed by atoms with Gasteiger partial charge in [0, 0.05) is 16.8 Å². The molecule has 0 bridgehead atoms. The molecule has 1 aliphatic rings. The monoisotopic (exact) mass is 443 g/mol. The van der Waals surface area contributed by atoms with Gasteiger partial charge in [0.2, 0.25) is 0 Å². The molecule has 1 atom stereocenters. The Kier molecular flexibility index (Phi) is 10.2. The van der Waals surface area contributed by atoms with E-state index in [1.54, 1.807) is 37.3 Å². The number of nitrogens with one attached hydrogen (secondary N) is 1. The zero-order chi connectivity index (χ0) is 17.3. The van der Waals surface area contributed by atoms with Crippen molar-refractivity contribution < 1.29 is 60.4 Å². The van der Waals surface area contributed by atoms with Crippen LogP contribution in [0.15, 0.2) is 54.1 Å². The zero-order valence-electron chi connectivity index (χ0n) is 14.4. The molecule has 3 rings (SSSR count). The van der Waals surface area contributed by atoms with E-state index in [-0.39, 0.29) is 63.6 Å². The first kappa shape index (κ1) is 25.5. The van der Waals surface area contributed by atoms with Gasteiger partial charge in [-0.2, -0.15) is 0 Å². The molecule has 0 heterocycles. The first-order valence-corrected chi connectivity index (χ1v) is 7.67. The number of hydrogen-bond donors (Lipinski definition) is 2. The van der Waals surface area contributed by atoms with Crippen LogP contribution < -0.4 is 24.8 Å². The minimum atomic E-state index is -0.795. The molecule has 1 aliphatic carbocycles. The van der Waals surface area contributed by atoms with E-state index in [0.29, 0.717) is 17.6 Å². The number of hydrogen-bond acceptors (Lipinski definition) is 2. The summed E-state index contributed by atoms with van der Waals surface area (Å²) >= 11 is 0. The van der Waals surface area contributed by atoms with Crippen LogP contribution >= 0.6 is 0 Å². The molecule has 140 valence electrons. The first-order chi connectivity index (χ1) is 11.5. The smallest absolute Gasteiger partial charge is 1.00 e. The van der Waals surface area contributed by atoms with Crippen LogP contribution in [0, 0.1) is 24.0 Å². The largest absolute Gasteiger partial charge is 2.00 e. The third-order valence-electron chi connectivity index (χ3n) is 4.23. The summed E-state index contributed by atoms with van der Waals surface area (Å²) in [5.41, 5.74) is 1.98. The van der Waals surface area contributed by atoms with Gasteiger partial charge >= 0.3 is 21.7 Å². The fourth-order valence-corrected chi connectivity index (χ4v) is 3.00. The number of allylic oxidation sites excluding steroid dienone is 3. The molecule has 2 nitrogen and oxygen atoms in total. The van der Waals surface area contributed by atoms with Gasteiger partial charge in [-0.25, -0.2) is 8.78 Å². The Morgan fingerprint density at radius 1 is 1.07 bits per heavy atom. The Bertz CT molecular complexity index is 864. The van der Waals surface area contributed by atoms with Crippen LogP contribution in [0.4, 0.5) is 8.78 Å². The summed E-state index contributed by atoms with van der Waals surface area (Å²) < 4.78 is 28.5. The van der Waals surface area contributed by atoms with Gasteiger partial charge in [0.25, 0.3) is 0 Å². The molecule has 0 aliphatic heterocycles. The second kappa shape index (κ2) is 10.8. The summed E-state index contributed by atoms with van der Waals surface area (Å²) in [4.78, 5) is 0. The zero-order valence-corrected chi connectivity index (χ0v) is 17.5. The fraction of sp³-hybridized carbons (Fsp3) is 0.150. The Morgan fingerprint density at radius 3 is 2.30 bits per heavy atom. The molecule has 0 fully saturated rings. The molecule has 0 amide bonds. The quantitative estimate of drug-likeness (QED) is 0.582. The van der Waals surface area contributed by atoms with Crippen molar-refractivity contribution in [2.24, 2.45) is 0 Å². The molecule has 2 N–H and O–H groups in total. The van der Waals surface area contributed by atoms with Crippen LogP contribution in [0.5, 0.6) is 5.75 Å². The topological polar surface area (TPSA) is 44.1 Å². The van der Waals surface area contributed by atoms with E-state index < -0.39 is 17.6 Å². The molecule has 2 aromatic rings. The number of rotatable bonds is 2. The summed E-state index contributed by atoms with van der Waals surface area (Å²) in [5.74, 6) is -1.99. The van der Waals surface area contributed by atoms with E-state index in [0.717, 1.165) is 5.56 Å². The van der Waals surface area contributed by atoms with Crippen molar-refractivity contribution in [2.45, 2.75) is 19.3 Å². The number of halogens is 4. The van der Waals surface area contributed by atoms with Gasteiger partial charge in [-0.15, -0.1) is 0 Å². The first-order valence-electron chi connectivity index (χ1n) is 7.67. The number of aryl methyl sites for hydroxylation is 1. The van der Waals surface area contributed by atoms with E-state index in [2.05, 4.69) is 0 Å². The van der Waals surface area contributed by atoms with Gasteiger partial charge < -0.3 is 35.3 Å². The minimum Gasteiger partial charge on any atom is -1.00 e. The summed E-state index contributed by atoms with van der Waals surface area (Å²) in [6, 6.07) is 9.05. The Labute approximate surface area is 184 Å².